The number of nitrogens with zero attached hydrogens (tertiary/aromatic N) is 1. The maximum atomic E-state index is 9.38. The van der Waals surface area contributed by atoms with E-state index in [0.717, 1.165) is 18.0 Å². The highest BCUT2D eigenvalue weighted by molar-refractivity contribution is 5.12. The van der Waals surface area contributed by atoms with Crippen LogP contribution in [0.1, 0.15) is 44.3 Å². The number of hydrogen-bond acceptors (Lipinski definition) is 1. The molecule has 0 bridgehead atoms. The smallest absolute Gasteiger partial charge is 0.0776 e. The van der Waals surface area contributed by atoms with Crippen LogP contribution in [-0.4, -0.2) is 9.67 Å². The molecular formula is C12H19NO. The van der Waals surface area contributed by atoms with Gasteiger partial charge in [-0.2, -0.15) is 0 Å². The summed E-state index contributed by atoms with van der Waals surface area (Å²) >= 11 is 0. The molecule has 2 heteroatoms. The highest BCUT2D eigenvalue weighted by Gasteiger charge is 2.15. The van der Waals surface area contributed by atoms with Crippen molar-refractivity contribution in [2.75, 3.05) is 0 Å². The van der Waals surface area contributed by atoms with E-state index in [4.69, 9.17) is 0 Å². The van der Waals surface area contributed by atoms with E-state index in [0.29, 0.717) is 0 Å². The fourth-order valence-corrected chi connectivity index (χ4v) is 2.31. The minimum atomic E-state index is -0.333. The maximum absolute atomic E-state index is 9.38. The molecular weight excluding hydrogens is 174 g/mol. The minimum Gasteiger partial charge on any atom is -0.389 e. The fraction of sp³-hybridized carbons (Fsp3) is 0.667. The molecule has 1 atom stereocenters. The van der Waals surface area contributed by atoms with E-state index in [1.807, 2.05) is 13.0 Å². The van der Waals surface area contributed by atoms with Gasteiger partial charge in [0, 0.05) is 18.9 Å². The van der Waals surface area contributed by atoms with Crippen LogP contribution < -0.4 is 0 Å². The van der Waals surface area contributed by atoms with Crippen LogP contribution in [0.3, 0.4) is 0 Å². The molecule has 0 aromatic carbocycles. The predicted octanol–water partition coefficient (Wildman–Crippen LogP) is 2.73. The van der Waals surface area contributed by atoms with Crippen LogP contribution in [0.2, 0.25) is 0 Å². The minimum absolute atomic E-state index is 0.333. The molecule has 14 heavy (non-hydrogen) atoms. The lowest BCUT2D eigenvalue weighted by Gasteiger charge is -2.09. The molecule has 1 N–H and O–H groups in total. The summed E-state index contributed by atoms with van der Waals surface area (Å²) < 4.78 is 2.22. The van der Waals surface area contributed by atoms with Crippen molar-refractivity contribution >= 4 is 0 Å². The lowest BCUT2D eigenvalue weighted by Crippen LogP contribution is -2.05. The van der Waals surface area contributed by atoms with Gasteiger partial charge in [-0.1, -0.05) is 12.8 Å². The molecule has 1 saturated carbocycles. The Labute approximate surface area is 85.6 Å². The fourth-order valence-electron chi connectivity index (χ4n) is 2.31. The van der Waals surface area contributed by atoms with Crippen molar-refractivity contribution in [1.82, 2.24) is 4.57 Å². The van der Waals surface area contributed by atoms with Crippen LogP contribution in [0.5, 0.6) is 0 Å². The van der Waals surface area contributed by atoms with Crippen LogP contribution >= 0.6 is 0 Å². The summed E-state index contributed by atoms with van der Waals surface area (Å²) in [5.41, 5.74) is 1.03. The second-order valence-corrected chi connectivity index (χ2v) is 4.47. The average Bonchev–Trinajstić information content (AvgIpc) is 2.75. The molecule has 1 aliphatic rings. The molecule has 0 saturated heterocycles. The summed E-state index contributed by atoms with van der Waals surface area (Å²) in [4.78, 5) is 0. The zero-order chi connectivity index (χ0) is 9.97. The second kappa shape index (κ2) is 4.18. The molecule has 1 aromatic heterocycles. The zero-order valence-electron chi connectivity index (χ0n) is 8.82. The van der Waals surface area contributed by atoms with Crippen molar-refractivity contribution in [2.24, 2.45) is 5.92 Å². The molecule has 1 heterocycles. The average molecular weight is 193 g/mol. The van der Waals surface area contributed by atoms with Gasteiger partial charge in [-0.3, -0.25) is 0 Å². The largest absolute Gasteiger partial charge is 0.389 e. The quantitative estimate of drug-likeness (QED) is 0.784. The summed E-state index contributed by atoms with van der Waals surface area (Å²) in [6.07, 6.45) is 9.37. The summed E-state index contributed by atoms with van der Waals surface area (Å²) in [7, 11) is 0. The normalized spacial score (nSPS) is 20.1. The molecule has 1 aromatic rings. The summed E-state index contributed by atoms with van der Waals surface area (Å²) in [5.74, 6) is 0.865. The van der Waals surface area contributed by atoms with E-state index >= 15 is 0 Å². The SMILES string of the molecule is CC(O)c1ccn(CC2CCCC2)c1. The van der Waals surface area contributed by atoms with Crippen molar-refractivity contribution < 1.29 is 5.11 Å². The Morgan fingerprint density at radius 1 is 1.50 bits per heavy atom. The van der Waals surface area contributed by atoms with Crippen LogP contribution in [0.4, 0.5) is 0 Å². The van der Waals surface area contributed by atoms with Crippen molar-refractivity contribution in [2.45, 2.75) is 45.3 Å². The monoisotopic (exact) mass is 193 g/mol. The third-order valence-electron chi connectivity index (χ3n) is 3.20. The van der Waals surface area contributed by atoms with E-state index in [-0.39, 0.29) is 6.10 Å². The summed E-state index contributed by atoms with van der Waals surface area (Å²) in [6.45, 7) is 2.95. The maximum Gasteiger partial charge on any atom is 0.0776 e. The molecule has 0 aliphatic heterocycles. The summed E-state index contributed by atoms with van der Waals surface area (Å²) in [5, 5.41) is 9.38. The molecule has 2 rings (SSSR count). The Morgan fingerprint density at radius 3 is 2.79 bits per heavy atom. The van der Waals surface area contributed by atoms with Gasteiger partial charge >= 0.3 is 0 Å². The van der Waals surface area contributed by atoms with Gasteiger partial charge < -0.3 is 9.67 Å². The van der Waals surface area contributed by atoms with Gasteiger partial charge in [0.05, 0.1) is 6.10 Å². The van der Waals surface area contributed by atoms with Crippen molar-refractivity contribution in [3.05, 3.63) is 24.0 Å². The van der Waals surface area contributed by atoms with E-state index < -0.39 is 0 Å². The van der Waals surface area contributed by atoms with Gasteiger partial charge in [-0.05, 0) is 37.3 Å². The zero-order valence-corrected chi connectivity index (χ0v) is 8.82. The Kier molecular flexibility index (Phi) is 2.92. The molecule has 2 nitrogen and oxygen atoms in total. The van der Waals surface area contributed by atoms with Crippen molar-refractivity contribution in [3.63, 3.8) is 0 Å². The van der Waals surface area contributed by atoms with Gasteiger partial charge in [-0.15, -0.1) is 0 Å². The van der Waals surface area contributed by atoms with Gasteiger partial charge in [-0.25, -0.2) is 0 Å². The molecule has 1 aliphatic carbocycles. The van der Waals surface area contributed by atoms with Crippen LogP contribution in [0.15, 0.2) is 18.5 Å². The lowest BCUT2D eigenvalue weighted by atomic mass is 10.1. The molecule has 78 valence electrons. The number of aliphatic hydroxyl groups excluding tert-OH is 1. The molecule has 1 fully saturated rings. The van der Waals surface area contributed by atoms with Crippen LogP contribution in [0.25, 0.3) is 0 Å². The van der Waals surface area contributed by atoms with E-state index in [1.165, 1.54) is 25.7 Å². The molecule has 1 unspecified atom stereocenters. The molecule has 0 spiro atoms. The number of hydrogen-bond donors (Lipinski definition) is 1. The highest BCUT2D eigenvalue weighted by atomic mass is 16.3. The standard InChI is InChI=1S/C12H19NO/c1-10(14)12-6-7-13(9-12)8-11-4-2-3-5-11/h6-7,9-11,14H,2-5,8H2,1H3. The second-order valence-electron chi connectivity index (χ2n) is 4.47. The van der Waals surface area contributed by atoms with Gasteiger partial charge in [0.1, 0.15) is 0 Å². The number of rotatable bonds is 3. The molecule has 0 amide bonds. The number of aromatic nitrogens is 1. The van der Waals surface area contributed by atoms with Gasteiger partial charge in [0.15, 0.2) is 0 Å². The first kappa shape index (κ1) is 9.78. The first-order valence-electron chi connectivity index (χ1n) is 5.59. The van der Waals surface area contributed by atoms with E-state index in [1.54, 1.807) is 0 Å². The number of aliphatic hydroxyl groups is 1. The third-order valence-corrected chi connectivity index (χ3v) is 3.20. The predicted molar refractivity (Wildman–Crippen MR) is 57.0 cm³/mol. The van der Waals surface area contributed by atoms with Crippen LogP contribution in [-0.2, 0) is 6.54 Å². The Bertz CT molecular complexity index is 284. The first-order chi connectivity index (χ1) is 6.75. The van der Waals surface area contributed by atoms with Gasteiger partial charge in [0.25, 0.3) is 0 Å². The molecule has 0 radical (unpaired) electrons. The van der Waals surface area contributed by atoms with Crippen molar-refractivity contribution in [3.8, 4) is 0 Å². The Balaban J connectivity index is 1.95. The summed E-state index contributed by atoms with van der Waals surface area (Å²) in [6, 6.07) is 2.01. The lowest BCUT2D eigenvalue weighted by molar-refractivity contribution is 0.199. The Morgan fingerprint density at radius 2 is 2.21 bits per heavy atom. The topological polar surface area (TPSA) is 25.2 Å². The highest BCUT2D eigenvalue weighted by Crippen LogP contribution is 2.26. The van der Waals surface area contributed by atoms with Gasteiger partial charge in [0.2, 0.25) is 0 Å². The van der Waals surface area contributed by atoms with E-state index in [9.17, 15) is 5.11 Å². The van der Waals surface area contributed by atoms with Crippen molar-refractivity contribution in [1.29, 1.82) is 0 Å². The third kappa shape index (κ3) is 2.18. The Hall–Kier alpha value is -0.760. The van der Waals surface area contributed by atoms with Crippen LogP contribution in [0, 0.1) is 5.92 Å². The van der Waals surface area contributed by atoms with E-state index in [2.05, 4.69) is 17.0 Å². The first-order valence-corrected chi connectivity index (χ1v) is 5.59.